The van der Waals surface area contributed by atoms with Crippen molar-refractivity contribution in [3.05, 3.63) is 81.8 Å². The van der Waals surface area contributed by atoms with Gasteiger partial charge in [-0.1, -0.05) is 24.3 Å². The molecule has 10 nitrogen and oxygen atoms in total. The summed E-state index contributed by atoms with van der Waals surface area (Å²) in [5.41, 5.74) is 6.53. The molecule has 0 aliphatic carbocycles. The molecule has 2 aliphatic heterocycles. The molecule has 5 rings (SSSR count). The number of rotatable bonds is 10. The van der Waals surface area contributed by atoms with Crippen LogP contribution in [0.25, 0.3) is 11.1 Å². The number of hydrogen-bond donors (Lipinski definition) is 3. The number of amides is 2. The van der Waals surface area contributed by atoms with Gasteiger partial charge in [0, 0.05) is 77.6 Å². The first-order chi connectivity index (χ1) is 22.5. The van der Waals surface area contributed by atoms with Gasteiger partial charge in [-0.15, -0.1) is 0 Å². The monoisotopic (exact) mass is 653 g/mol. The number of piperazine rings is 2. The predicted octanol–water partition coefficient (Wildman–Crippen LogP) is 3.84. The van der Waals surface area contributed by atoms with E-state index in [9.17, 15) is 27.6 Å². The van der Waals surface area contributed by atoms with Crippen molar-refractivity contribution in [3.8, 4) is 11.1 Å². The van der Waals surface area contributed by atoms with Gasteiger partial charge < -0.3 is 30.7 Å². The summed E-state index contributed by atoms with van der Waals surface area (Å²) in [4.78, 5) is 48.2. The summed E-state index contributed by atoms with van der Waals surface area (Å²) in [6.45, 7) is 7.18. The van der Waals surface area contributed by atoms with Crippen molar-refractivity contribution in [2.75, 3.05) is 76.2 Å². The van der Waals surface area contributed by atoms with Crippen molar-refractivity contribution in [2.24, 2.45) is 5.73 Å². The summed E-state index contributed by atoms with van der Waals surface area (Å²) in [6, 6.07) is 14.1. The summed E-state index contributed by atoms with van der Waals surface area (Å²) in [5.74, 6) is -0.787. The number of nitrogens with one attached hydrogen (secondary N) is 2. The first kappa shape index (κ1) is 34.1. The highest BCUT2D eigenvalue weighted by Gasteiger charge is 2.36. The molecular weight excluding hydrogens is 611 g/mol. The van der Waals surface area contributed by atoms with Crippen molar-refractivity contribution in [1.82, 2.24) is 19.7 Å². The lowest BCUT2D eigenvalue weighted by Crippen LogP contribution is -2.48. The maximum Gasteiger partial charge on any atom is 0.417 e. The number of alkyl halides is 3. The minimum absolute atomic E-state index is 0.179. The number of benzene rings is 2. The van der Waals surface area contributed by atoms with Crippen LogP contribution in [-0.2, 0) is 17.5 Å². The molecule has 47 heavy (non-hydrogen) atoms. The summed E-state index contributed by atoms with van der Waals surface area (Å²) < 4.78 is 41.3. The van der Waals surface area contributed by atoms with E-state index in [-0.39, 0.29) is 5.91 Å². The van der Waals surface area contributed by atoms with E-state index in [4.69, 9.17) is 5.73 Å². The van der Waals surface area contributed by atoms with E-state index in [2.05, 4.69) is 31.1 Å². The molecule has 3 aromatic rings. The number of unbranched alkanes of at least 4 members (excludes halogenated alkanes) is 1. The zero-order chi connectivity index (χ0) is 33.6. The SMILES string of the molecule is CN1CCN(c2ccc(-c3cccc(CN4CCN(C(=O)CCCCN)CC4)c3)cc2NC(=O)c2c[nH]c(=O)cc2C(F)(F)F)CC1. The number of aromatic amines is 1. The van der Waals surface area contributed by atoms with E-state index in [1.54, 1.807) is 6.07 Å². The minimum Gasteiger partial charge on any atom is -0.367 e. The first-order valence-corrected chi connectivity index (χ1v) is 16.0. The molecule has 0 radical (unpaired) electrons. The lowest BCUT2D eigenvalue weighted by atomic mass is 10.0. The Hall–Kier alpha value is -4.20. The molecule has 3 heterocycles. The Labute approximate surface area is 272 Å². The highest BCUT2D eigenvalue weighted by atomic mass is 19.4. The van der Waals surface area contributed by atoms with Crippen molar-refractivity contribution < 1.29 is 22.8 Å². The lowest BCUT2D eigenvalue weighted by Gasteiger charge is -2.35. The van der Waals surface area contributed by atoms with Crippen molar-refractivity contribution in [3.63, 3.8) is 0 Å². The highest BCUT2D eigenvalue weighted by molar-refractivity contribution is 6.07. The average molecular weight is 654 g/mol. The van der Waals surface area contributed by atoms with Crippen LogP contribution in [0, 0.1) is 0 Å². The number of H-pyrrole nitrogens is 1. The zero-order valence-corrected chi connectivity index (χ0v) is 26.6. The van der Waals surface area contributed by atoms with Crippen LogP contribution in [0.2, 0.25) is 0 Å². The lowest BCUT2D eigenvalue weighted by molar-refractivity contribution is -0.138. The Morgan fingerprint density at radius 2 is 1.64 bits per heavy atom. The van der Waals surface area contributed by atoms with Gasteiger partial charge in [-0.3, -0.25) is 19.3 Å². The second-order valence-electron chi connectivity index (χ2n) is 12.2. The fourth-order valence-corrected chi connectivity index (χ4v) is 6.06. The molecule has 2 amide bonds. The van der Waals surface area contributed by atoms with Crippen LogP contribution in [0.1, 0.15) is 40.7 Å². The quantitative estimate of drug-likeness (QED) is 0.285. The minimum atomic E-state index is -4.88. The number of aromatic nitrogens is 1. The number of carbonyl (C=O) groups excluding carboxylic acids is 2. The molecule has 0 spiro atoms. The van der Waals surface area contributed by atoms with Gasteiger partial charge >= 0.3 is 6.18 Å². The van der Waals surface area contributed by atoms with Crippen LogP contribution in [-0.4, -0.2) is 97.4 Å². The summed E-state index contributed by atoms with van der Waals surface area (Å²) >= 11 is 0. The number of nitrogens with zero attached hydrogens (tertiary/aromatic N) is 4. The van der Waals surface area contributed by atoms with Crippen molar-refractivity contribution in [1.29, 1.82) is 0 Å². The molecule has 0 saturated carbocycles. The number of carbonyl (C=O) groups is 2. The van der Waals surface area contributed by atoms with Gasteiger partial charge in [0.2, 0.25) is 11.5 Å². The molecule has 0 atom stereocenters. The molecule has 2 saturated heterocycles. The first-order valence-electron chi connectivity index (χ1n) is 16.0. The normalized spacial score (nSPS) is 16.4. The van der Waals surface area contributed by atoms with Crippen molar-refractivity contribution >= 4 is 23.2 Å². The predicted molar refractivity (Wildman–Crippen MR) is 176 cm³/mol. The summed E-state index contributed by atoms with van der Waals surface area (Å²) in [5, 5.41) is 2.72. The van der Waals surface area contributed by atoms with Crippen molar-refractivity contribution in [2.45, 2.75) is 32.0 Å². The van der Waals surface area contributed by atoms with Gasteiger partial charge in [-0.2, -0.15) is 13.2 Å². The molecule has 1 aromatic heterocycles. The number of pyridine rings is 1. The van der Waals surface area contributed by atoms with Crippen LogP contribution in [0.4, 0.5) is 24.5 Å². The van der Waals surface area contributed by atoms with Crippen LogP contribution < -0.4 is 21.5 Å². The molecule has 13 heteroatoms. The molecule has 2 aromatic carbocycles. The second-order valence-corrected chi connectivity index (χ2v) is 12.2. The second kappa shape index (κ2) is 15.1. The van der Waals surface area contributed by atoms with Gasteiger partial charge in [0.05, 0.1) is 22.5 Å². The molecule has 2 aliphatic rings. The smallest absolute Gasteiger partial charge is 0.367 e. The van der Waals surface area contributed by atoms with E-state index in [1.807, 2.05) is 42.3 Å². The van der Waals surface area contributed by atoms with Gasteiger partial charge in [-0.25, -0.2) is 0 Å². The number of nitrogens with two attached hydrogens (primary N) is 1. The molecule has 0 unspecified atom stereocenters. The Bertz CT molecular complexity index is 1610. The molecule has 4 N–H and O–H groups in total. The van der Waals surface area contributed by atoms with E-state index >= 15 is 0 Å². The zero-order valence-electron chi connectivity index (χ0n) is 26.6. The Kier molecular flexibility index (Phi) is 11.0. The number of likely N-dealkylation sites (N-methyl/N-ethyl adjacent to an activating group) is 1. The summed E-state index contributed by atoms with van der Waals surface area (Å²) in [7, 11) is 2.02. The van der Waals surface area contributed by atoms with E-state index in [0.29, 0.717) is 63.1 Å². The Morgan fingerprint density at radius 1 is 0.915 bits per heavy atom. The molecular formula is C34H42F3N7O3. The number of halogens is 3. The van der Waals surface area contributed by atoms with Gasteiger partial charge in [0.25, 0.3) is 5.91 Å². The average Bonchev–Trinajstić information content (AvgIpc) is 3.05. The van der Waals surface area contributed by atoms with Crippen LogP contribution in [0.15, 0.2) is 59.5 Å². The third kappa shape index (κ3) is 8.79. The van der Waals surface area contributed by atoms with Crippen LogP contribution in [0.3, 0.4) is 0 Å². The van der Waals surface area contributed by atoms with E-state index < -0.39 is 28.8 Å². The van der Waals surface area contributed by atoms with Crippen LogP contribution >= 0.6 is 0 Å². The molecule has 2 fully saturated rings. The largest absolute Gasteiger partial charge is 0.417 e. The maximum absolute atomic E-state index is 13.8. The summed E-state index contributed by atoms with van der Waals surface area (Å²) in [6.07, 6.45) is -1.88. The van der Waals surface area contributed by atoms with E-state index in [0.717, 1.165) is 61.9 Å². The maximum atomic E-state index is 13.8. The fourth-order valence-electron chi connectivity index (χ4n) is 6.06. The van der Waals surface area contributed by atoms with Crippen LogP contribution in [0.5, 0.6) is 0 Å². The van der Waals surface area contributed by atoms with Gasteiger partial charge in [0.1, 0.15) is 0 Å². The van der Waals surface area contributed by atoms with E-state index in [1.165, 1.54) is 0 Å². The third-order valence-electron chi connectivity index (χ3n) is 8.80. The molecule has 0 bridgehead atoms. The Morgan fingerprint density at radius 3 is 2.34 bits per heavy atom. The number of anilines is 2. The van der Waals surface area contributed by atoms with Gasteiger partial charge in [0.15, 0.2) is 0 Å². The fraction of sp³-hybridized carbons (Fsp3) is 0.441. The Balaban J connectivity index is 1.35. The third-order valence-corrected chi connectivity index (χ3v) is 8.80. The topological polar surface area (TPSA) is 118 Å². The highest BCUT2D eigenvalue weighted by Crippen LogP contribution is 2.35. The standard InChI is InChI=1S/C34H42F3N7O3/c1-41-11-15-43(16-12-41)30-9-8-26(20-29(30)40-33(47)27-22-39-31(45)21-28(27)34(35,36)37)25-6-4-5-24(19-25)23-42-13-17-44(18-14-42)32(46)7-2-3-10-38/h4-6,8-9,19-22H,2-3,7,10-18,23,38H2,1H3,(H,39,45)(H,40,47). The number of hydrogen-bond acceptors (Lipinski definition) is 7. The molecule has 252 valence electrons. The van der Waals surface area contributed by atoms with Gasteiger partial charge in [-0.05, 0) is 61.3 Å².